The molecular formula is C24H25N7O4. The zero-order chi connectivity index (χ0) is 24.2. The maximum Gasteiger partial charge on any atom is 0.335 e. The van der Waals surface area contributed by atoms with Crippen LogP contribution in [0.15, 0.2) is 64.4 Å². The number of anilines is 2. The Balaban J connectivity index is 1.22. The highest BCUT2D eigenvalue weighted by Crippen LogP contribution is 2.26. The molecule has 0 unspecified atom stereocenters. The summed E-state index contributed by atoms with van der Waals surface area (Å²) in [6.07, 6.45) is 4.47. The lowest BCUT2D eigenvalue weighted by Crippen LogP contribution is -2.46. The van der Waals surface area contributed by atoms with E-state index in [0.29, 0.717) is 18.7 Å². The van der Waals surface area contributed by atoms with Gasteiger partial charge in [-0.3, -0.25) is 4.79 Å². The highest BCUT2D eigenvalue weighted by molar-refractivity contribution is 5.93. The summed E-state index contributed by atoms with van der Waals surface area (Å²) in [4.78, 5) is 36.8. The monoisotopic (exact) mass is 475 g/mol. The van der Waals surface area contributed by atoms with E-state index in [1.165, 1.54) is 17.8 Å². The van der Waals surface area contributed by atoms with Crippen molar-refractivity contribution in [3.8, 4) is 5.75 Å². The average molecular weight is 476 g/mol. The molecule has 0 atom stereocenters. The van der Waals surface area contributed by atoms with Gasteiger partial charge < -0.3 is 24.3 Å². The van der Waals surface area contributed by atoms with Crippen LogP contribution in [0.2, 0.25) is 0 Å². The van der Waals surface area contributed by atoms with Crippen LogP contribution in [-0.4, -0.2) is 65.5 Å². The maximum absolute atomic E-state index is 12.2. The van der Waals surface area contributed by atoms with Crippen LogP contribution in [0.25, 0.3) is 11.0 Å². The van der Waals surface area contributed by atoms with Crippen molar-refractivity contribution in [3.63, 3.8) is 0 Å². The highest BCUT2D eigenvalue weighted by Gasteiger charge is 2.21. The van der Waals surface area contributed by atoms with Crippen molar-refractivity contribution in [2.45, 2.75) is 6.54 Å². The largest absolute Gasteiger partial charge is 0.497 e. The zero-order valence-corrected chi connectivity index (χ0v) is 19.3. The fraction of sp³-hybridized carbons (Fsp3) is 0.292. The van der Waals surface area contributed by atoms with Gasteiger partial charge in [0.15, 0.2) is 5.65 Å². The summed E-state index contributed by atoms with van der Waals surface area (Å²) in [6.45, 7) is 4.18. The minimum atomic E-state index is -0.498. The van der Waals surface area contributed by atoms with Gasteiger partial charge in [0, 0.05) is 44.5 Å². The number of benzene rings is 1. The lowest BCUT2D eigenvalue weighted by Gasteiger charge is -2.36. The number of amides is 1. The number of methoxy groups -OCH3 is 1. The van der Waals surface area contributed by atoms with E-state index in [1.807, 2.05) is 12.1 Å². The first-order chi connectivity index (χ1) is 17.1. The minimum absolute atomic E-state index is 0.285. The molecule has 0 spiro atoms. The van der Waals surface area contributed by atoms with Crippen molar-refractivity contribution >= 4 is 28.4 Å². The number of hydrogen-bond donors (Lipinski definition) is 1. The number of hydrogen-bond acceptors (Lipinski definition) is 9. The molecule has 0 bridgehead atoms. The molecule has 35 heavy (non-hydrogen) atoms. The molecule has 3 aromatic heterocycles. The minimum Gasteiger partial charge on any atom is -0.497 e. The third-order valence-electron chi connectivity index (χ3n) is 6.00. The second kappa shape index (κ2) is 9.84. The summed E-state index contributed by atoms with van der Waals surface area (Å²) in [5.41, 5.74) is 1.67. The zero-order valence-electron chi connectivity index (χ0n) is 19.3. The van der Waals surface area contributed by atoms with Crippen LogP contribution in [0, 0.1) is 0 Å². The Labute approximate surface area is 200 Å². The summed E-state index contributed by atoms with van der Waals surface area (Å²) in [7, 11) is 1.67. The molecule has 1 aromatic carbocycles. The van der Waals surface area contributed by atoms with E-state index in [0.717, 1.165) is 49.4 Å². The van der Waals surface area contributed by atoms with Crippen LogP contribution in [0.3, 0.4) is 0 Å². The molecule has 11 nitrogen and oxygen atoms in total. The number of ether oxygens (including phenoxy) is 1. The number of carbonyl (C=O) groups excluding carboxylic acids is 1. The number of fused-ring (bicyclic) bond motifs is 1. The number of rotatable bonds is 7. The van der Waals surface area contributed by atoms with Crippen LogP contribution in [-0.2, 0) is 6.54 Å². The number of carbonyl (C=O) groups is 1. The van der Waals surface area contributed by atoms with Gasteiger partial charge >= 0.3 is 5.63 Å². The Kier molecular flexibility index (Phi) is 6.29. The topological polar surface area (TPSA) is 119 Å². The fourth-order valence-corrected chi connectivity index (χ4v) is 4.13. The van der Waals surface area contributed by atoms with E-state index in [2.05, 4.69) is 42.3 Å². The smallest absolute Gasteiger partial charge is 0.335 e. The SMILES string of the molecule is COc1ccc(N2CCN(c3ncnc4c3cnn4CCNC(=O)c3ccc(=O)oc3)CC2)cc1. The molecule has 1 N–H and O–H groups in total. The Morgan fingerprint density at radius 2 is 1.83 bits per heavy atom. The van der Waals surface area contributed by atoms with Crippen LogP contribution < -0.4 is 25.5 Å². The summed E-state index contributed by atoms with van der Waals surface area (Å²) in [5, 5.41) is 8.14. The van der Waals surface area contributed by atoms with E-state index in [-0.39, 0.29) is 11.5 Å². The van der Waals surface area contributed by atoms with E-state index < -0.39 is 5.63 Å². The number of nitrogens with zero attached hydrogens (tertiary/aromatic N) is 6. The summed E-state index contributed by atoms with van der Waals surface area (Å²) in [6, 6.07) is 10.7. The quantitative estimate of drug-likeness (QED) is 0.425. The molecular weight excluding hydrogens is 450 g/mol. The summed E-state index contributed by atoms with van der Waals surface area (Å²) < 4.78 is 11.7. The van der Waals surface area contributed by atoms with Gasteiger partial charge in [-0.25, -0.2) is 19.4 Å². The Hall–Kier alpha value is -4.41. The van der Waals surface area contributed by atoms with Crippen molar-refractivity contribution in [1.29, 1.82) is 0 Å². The summed E-state index contributed by atoms with van der Waals surface area (Å²) in [5.74, 6) is 1.38. The summed E-state index contributed by atoms with van der Waals surface area (Å²) >= 11 is 0. The predicted molar refractivity (Wildman–Crippen MR) is 130 cm³/mol. The average Bonchev–Trinajstić information content (AvgIpc) is 3.32. The first-order valence-corrected chi connectivity index (χ1v) is 11.3. The molecule has 1 aliphatic rings. The molecule has 1 aliphatic heterocycles. The standard InChI is InChI=1S/C24H25N7O4/c1-34-19-5-3-18(4-6-19)29-10-12-30(13-11-29)22-20-14-28-31(23(20)27-16-26-22)9-8-25-24(33)17-2-7-21(32)35-15-17/h2-7,14-16H,8-13H2,1H3,(H,25,33). The normalized spacial score (nSPS) is 13.7. The van der Waals surface area contributed by atoms with Crippen molar-refractivity contribution in [2.24, 2.45) is 0 Å². The second-order valence-corrected chi connectivity index (χ2v) is 8.07. The van der Waals surface area contributed by atoms with Gasteiger partial charge in [-0.05, 0) is 30.3 Å². The molecule has 0 aliphatic carbocycles. The van der Waals surface area contributed by atoms with Gasteiger partial charge in [-0.1, -0.05) is 0 Å². The first kappa shape index (κ1) is 22.4. The van der Waals surface area contributed by atoms with Crippen molar-refractivity contribution in [2.75, 3.05) is 49.6 Å². The maximum atomic E-state index is 12.2. The predicted octanol–water partition coefficient (Wildman–Crippen LogP) is 1.54. The first-order valence-electron chi connectivity index (χ1n) is 11.3. The molecule has 1 saturated heterocycles. The molecule has 4 aromatic rings. The molecule has 0 saturated carbocycles. The Morgan fingerprint density at radius 1 is 1.06 bits per heavy atom. The van der Waals surface area contributed by atoms with Gasteiger partial charge in [0.2, 0.25) is 0 Å². The van der Waals surface area contributed by atoms with Crippen LogP contribution >= 0.6 is 0 Å². The molecule has 0 radical (unpaired) electrons. The fourth-order valence-electron chi connectivity index (χ4n) is 4.13. The van der Waals surface area contributed by atoms with Gasteiger partial charge in [-0.2, -0.15) is 5.10 Å². The lowest BCUT2D eigenvalue weighted by molar-refractivity contribution is 0.0949. The molecule has 11 heteroatoms. The van der Waals surface area contributed by atoms with Gasteiger partial charge in [0.05, 0.1) is 30.8 Å². The van der Waals surface area contributed by atoms with E-state index in [1.54, 1.807) is 24.3 Å². The number of piperazine rings is 1. The van der Waals surface area contributed by atoms with Crippen molar-refractivity contribution in [1.82, 2.24) is 25.1 Å². The van der Waals surface area contributed by atoms with Crippen LogP contribution in [0.1, 0.15) is 10.4 Å². The van der Waals surface area contributed by atoms with Gasteiger partial charge in [-0.15, -0.1) is 0 Å². The van der Waals surface area contributed by atoms with Crippen LogP contribution in [0.5, 0.6) is 5.75 Å². The van der Waals surface area contributed by atoms with Crippen molar-refractivity contribution in [3.05, 3.63) is 71.2 Å². The van der Waals surface area contributed by atoms with Crippen LogP contribution in [0.4, 0.5) is 11.5 Å². The Morgan fingerprint density at radius 3 is 2.54 bits per heavy atom. The second-order valence-electron chi connectivity index (χ2n) is 8.07. The van der Waals surface area contributed by atoms with E-state index in [9.17, 15) is 9.59 Å². The number of aromatic nitrogens is 4. The molecule has 1 amide bonds. The highest BCUT2D eigenvalue weighted by atomic mass is 16.5. The number of nitrogens with one attached hydrogen (secondary N) is 1. The Bertz CT molecular complexity index is 1350. The molecule has 1 fully saturated rings. The van der Waals surface area contributed by atoms with Gasteiger partial charge in [0.25, 0.3) is 5.91 Å². The third kappa shape index (κ3) is 4.79. The van der Waals surface area contributed by atoms with Gasteiger partial charge in [0.1, 0.15) is 24.2 Å². The molecule has 4 heterocycles. The van der Waals surface area contributed by atoms with Crippen molar-refractivity contribution < 1.29 is 13.9 Å². The molecule has 180 valence electrons. The third-order valence-corrected chi connectivity index (χ3v) is 6.00. The van der Waals surface area contributed by atoms with E-state index >= 15 is 0 Å². The van der Waals surface area contributed by atoms with E-state index in [4.69, 9.17) is 9.15 Å². The lowest BCUT2D eigenvalue weighted by atomic mass is 10.2. The molecule has 5 rings (SSSR count).